The van der Waals surface area contributed by atoms with E-state index in [2.05, 4.69) is 4.90 Å². The van der Waals surface area contributed by atoms with E-state index in [4.69, 9.17) is 11.6 Å². The Bertz CT molecular complexity index is 921. The lowest BCUT2D eigenvalue weighted by Gasteiger charge is -2.39. The molecule has 0 spiro atoms. The van der Waals surface area contributed by atoms with Crippen molar-refractivity contribution in [2.75, 3.05) is 39.3 Å². The molecule has 2 aromatic rings. The number of nitrogens with zero attached hydrogens (tertiary/aromatic N) is 3. The van der Waals surface area contributed by atoms with Gasteiger partial charge in [0.15, 0.2) is 0 Å². The molecule has 6 nitrogen and oxygen atoms in total. The van der Waals surface area contributed by atoms with Crippen LogP contribution in [0.2, 0.25) is 4.34 Å². The maximum atomic E-state index is 13.2. The predicted molar refractivity (Wildman–Crippen MR) is 117 cm³/mol. The molecular formula is C20H26ClN3O3S2. The first-order chi connectivity index (χ1) is 13.9. The standard InChI is InChI=1S/C20H26ClN3O3S2/c1-3-22(4-2)20(25)19(16-8-6-5-7-9-16)23-12-14-24(15-13-23)29(26,27)18-11-10-17(21)28-18/h5-11,19H,3-4,12-15H2,1-2H3/t19-/m1/s1. The van der Waals surface area contributed by atoms with E-state index in [-0.39, 0.29) is 10.1 Å². The summed E-state index contributed by atoms with van der Waals surface area (Å²) in [6, 6.07) is 12.5. The Kier molecular flexibility index (Phi) is 7.34. The van der Waals surface area contributed by atoms with E-state index in [1.54, 1.807) is 12.1 Å². The number of amides is 1. The molecular weight excluding hydrogens is 430 g/mol. The van der Waals surface area contributed by atoms with Crippen LogP contribution < -0.4 is 0 Å². The van der Waals surface area contributed by atoms with E-state index >= 15 is 0 Å². The average Bonchev–Trinajstić information content (AvgIpc) is 3.18. The summed E-state index contributed by atoms with van der Waals surface area (Å²) < 4.78 is 27.9. The van der Waals surface area contributed by atoms with Crippen molar-refractivity contribution in [1.29, 1.82) is 0 Å². The monoisotopic (exact) mass is 455 g/mol. The first-order valence-electron chi connectivity index (χ1n) is 9.71. The van der Waals surface area contributed by atoms with Crippen LogP contribution in [0.15, 0.2) is 46.7 Å². The number of sulfonamides is 1. The number of piperazine rings is 1. The lowest BCUT2D eigenvalue weighted by molar-refractivity contribution is -0.137. The normalized spacial score (nSPS) is 17.2. The summed E-state index contributed by atoms with van der Waals surface area (Å²) in [5.41, 5.74) is 0.936. The molecule has 0 saturated carbocycles. The first-order valence-corrected chi connectivity index (χ1v) is 12.3. The van der Waals surface area contributed by atoms with Crippen LogP contribution in [-0.2, 0) is 14.8 Å². The van der Waals surface area contributed by atoms with Crippen molar-refractivity contribution >= 4 is 38.9 Å². The highest BCUT2D eigenvalue weighted by Crippen LogP contribution is 2.30. The zero-order valence-electron chi connectivity index (χ0n) is 16.6. The predicted octanol–water partition coefficient (Wildman–Crippen LogP) is 3.32. The fourth-order valence-corrected chi connectivity index (χ4v) is 6.68. The summed E-state index contributed by atoms with van der Waals surface area (Å²) in [6.45, 7) is 6.90. The van der Waals surface area contributed by atoms with Crippen LogP contribution in [0.5, 0.6) is 0 Å². The molecule has 1 saturated heterocycles. The summed E-state index contributed by atoms with van der Waals surface area (Å²) in [5.74, 6) is 0.0579. The van der Waals surface area contributed by atoms with Gasteiger partial charge in [-0.25, -0.2) is 8.42 Å². The molecule has 0 aliphatic carbocycles. The Morgan fingerprint density at radius 2 is 1.69 bits per heavy atom. The van der Waals surface area contributed by atoms with Gasteiger partial charge in [-0.1, -0.05) is 41.9 Å². The topological polar surface area (TPSA) is 60.9 Å². The van der Waals surface area contributed by atoms with Gasteiger partial charge in [-0.05, 0) is 31.5 Å². The molecule has 0 N–H and O–H groups in total. The van der Waals surface area contributed by atoms with Crippen molar-refractivity contribution in [3.63, 3.8) is 0 Å². The van der Waals surface area contributed by atoms with Gasteiger partial charge in [0.1, 0.15) is 10.3 Å². The van der Waals surface area contributed by atoms with E-state index in [9.17, 15) is 13.2 Å². The molecule has 1 aromatic heterocycles. The van der Waals surface area contributed by atoms with Crippen LogP contribution in [0.1, 0.15) is 25.5 Å². The number of rotatable bonds is 7. The van der Waals surface area contributed by atoms with E-state index in [1.165, 1.54) is 4.31 Å². The van der Waals surface area contributed by atoms with Gasteiger partial charge < -0.3 is 4.90 Å². The summed E-state index contributed by atoms with van der Waals surface area (Å²) in [5, 5.41) is 0. The zero-order chi connectivity index (χ0) is 21.0. The maximum absolute atomic E-state index is 13.2. The second-order valence-corrected chi connectivity index (χ2v) is 10.7. The molecule has 29 heavy (non-hydrogen) atoms. The highest BCUT2D eigenvalue weighted by atomic mass is 35.5. The van der Waals surface area contributed by atoms with Gasteiger partial charge in [0, 0.05) is 39.3 Å². The minimum atomic E-state index is -3.56. The highest BCUT2D eigenvalue weighted by Gasteiger charge is 2.36. The van der Waals surface area contributed by atoms with Crippen LogP contribution >= 0.6 is 22.9 Å². The highest BCUT2D eigenvalue weighted by molar-refractivity contribution is 7.91. The Balaban J connectivity index is 1.79. The molecule has 158 valence electrons. The molecule has 1 atom stereocenters. The van der Waals surface area contributed by atoms with Gasteiger partial charge >= 0.3 is 0 Å². The van der Waals surface area contributed by atoms with Crippen LogP contribution in [0.25, 0.3) is 0 Å². The number of likely N-dealkylation sites (N-methyl/N-ethyl adjacent to an activating group) is 1. The fourth-order valence-electron chi connectivity index (χ4n) is 3.62. The molecule has 0 unspecified atom stereocenters. The van der Waals surface area contributed by atoms with Gasteiger partial charge in [0.2, 0.25) is 5.91 Å². The molecule has 1 aromatic carbocycles. The molecule has 1 fully saturated rings. The average molecular weight is 456 g/mol. The number of thiophene rings is 1. The van der Waals surface area contributed by atoms with Gasteiger partial charge in [-0.3, -0.25) is 9.69 Å². The third-order valence-corrected chi connectivity index (χ3v) is 8.80. The number of halogens is 1. The molecule has 9 heteroatoms. The minimum absolute atomic E-state index is 0.0579. The van der Waals surface area contributed by atoms with Gasteiger partial charge in [0.25, 0.3) is 10.0 Å². The Hall–Kier alpha value is -1.45. The van der Waals surface area contributed by atoms with E-state index < -0.39 is 16.1 Å². The van der Waals surface area contributed by atoms with Crippen LogP contribution in [0, 0.1) is 0 Å². The largest absolute Gasteiger partial charge is 0.342 e. The lowest BCUT2D eigenvalue weighted by atomic mass is 10.0. The second-order valence-electron chi connectivity index (χ2n) is 6.82. The second kappa shape index (κ2) is 9.57. The Morgan fingerprint density at radius 3 is 2.21 bits per heavy atom. The van der Waals surface area contributed by atoms with Gasteiger partial charge in [-0.15, -0.1) is 11.3 Å². The quantitative estimate of drug-likeness (QED) is 0.642. The van der Waals surface area contributed by atoms with Gasteiger partial charge in [0.05, 0.1) is 4.34 Å². The van der Waals surface area contributed by atoms with Crippen molar-refractivity contribution in [3.05, 3.63) is 52.4 Å². The van der Waals surface area contributed by atoms with Crippen LogP contribution in [-0.4, -0.2) is 67.7 Å². The van der Waals surface area contributed by atoms with E-state index in [0.29, 0.717) is 43.6 Å². The van der Waals surface area contributed by atoms with Crippen molar-refractivity contribution in [2.24, 2.45) is 0 Å². The van der Waals surface area contributed by atoms with Crippen molar-refractivity contribution < 1.29 is 13.2 Å². The van der Waals surface area contributed by atoms with Crippen molar-refractivity contribution in [1.82, 2.24) is 14.1 Å². The summed E-state index contributed by atoms with van der Waals surface area (Å²) in [4.78, 5) is 17.2. The number of benzene rings is 1. The van der Waals surface area contributed by atoms with Crippen molar-refractivity contribution in [2.45, 2.75) is 24.1 Å². The Morgan fingerprint density at radius 1 is 1.07 bits per heavy atom. The first kappa shape index (κ1) is 22.2. The lowest BCUT2D eigenvalue weighted by Crippen LogP contribution is -2.52. The van der Waals surface area contributed by atoms with Crippen molar-refractivity contribution in [3.8, 4) is 0 Å². The number of carbonyl (C=O) groups is 1. The van der Waals surface area contributed by atoms with Crippen LogP contribution in [0.3, 0.4) is 0 Å². The SMILES string of the molecule is CCN(CC)C(=O)[C@@H](c1ccccc1)N1CCN(S(=O)(=O)c2ccc(Cl)s2)CC1. The number of hydrogen-bond donors (Lipinski definition) is 0. The summed E-state index contributed by atoms with van der Waals surface area (Å²) >= 11 is 6.98. The molecule has 2 heterocycles. The fraction of sp³-hybridized carbons (Fsp3) is 0.450. The summed E-state index contributed by atoms with van der Waals surface area (Å²) in [7, 11) is -3.56. The third-order valence-electron chi connectivity index (χ3n) is 5.21. The molecule has 1 aliphatic heterocycles. The molecule has 0 radical (unpaired) electrons. The smallest absolute Gasteiger partial charge is 0.252 e. The minimum Gasteiger partial charge on any atom is -0.342 e. The molecule has 0 bridgehead atoms. The van der Waals surface area contributed by atoms with E-state index in [0.717, 1.165) is 16.9 Å². The van der Waals surface area contributed by atoms with E-state index in [1.807, 2.05) is 49.1 Å². The molecule has 3 rings (SSSR count). The van der Waals surface area contributed by atoms with Crippen LogP contribution in [0.4, 0.5) is 0 Å². The number of carbonyl (C=O) groups excluding carboxylic acids is 1. The summed E-state index contributed by atoms with van der Waals surface area (Å²) in [6.07, 6.45) is 0. The number of hydrogen-bond acceptors (Lipinski definition) is 5. The molecule has 1 aliphatic rings. The molecule has 1 amide bonds. The Labute approximate surface area is 181 Å². The third kappa shape index (κ3) is 4.83. The zero-order valence-corrected chi connectivity index (χ0v) is 19.0. The van der Waals surface area contributed by atoms with Gasteiger partial charge in [-0.2, -0.15) is 4.31 Å². The maximum Gasteiger partial charge on any atom is 0.252 e.